The number of imide groups is 1. The first kappa shape index (κ1) is 23.0. The third-order valence-electron chi connectivity index (χ3n) is 4.89. The fraction of sp³-hybridized carbons (Fsp3) is 0.304. The number of carbonyl (C=O) groups excluding carboxylic acids is 3. The Morgan fingerprint density at radius 1 is 1.06 bits per heavy atom. The average molecular weight is 458 g/mol. The molecule has 6 nitrogen and oxygen atoms in total. The van der Waals surface area contributed by atoms with Crippen molar-refractivity contribution >= 4 is 46.0 Å². The summed E-state index contributed by atoms with van der Waals surface area (Å²) in [5.74, 6) is 0.000584. The molecule has 3 rings (SSSR count). The van der Waals surface area contributed by atoms with Gasteiger partial charge in [-0.3, -0.25) is 19.3 Å². The molecule has 1 heterocycles. The van der Waals surface area contributed by atoms with Crippen molar-refractivity contribution < 1.29 is 23.9 Å². The number of rotatable bonds is 9. The Hall–Kier alpha value is -2.71. The number of carbonyl (C=O) groups is 3. The summed E-state index contributed by atoms with van der Waals surface area (Å²) < 4.78 is 10.8. The van der Waals surface area contributed by atoms with Gasteiger partial charge in [-0.15, -0.1) is 0 Å². The second-order valence-electron chi connectivity index (χ2n) is 6.88. The lowest BCUT2D eigenvalue weighted by Crippen LogP contribution is -2.36. The molecule has 0 saturated heterocycles. The maximum Gasteiger partial charge on any atom is 0.261 e. The summed E-state index contributed by atoms with van der Waals surface area (Å²) in [5, 5.41) is -0.261. The highest BCUT2D eigenvalue weighted by atomic mass is 32.2. The normalized spacial score (nSPS) is 13.7. The van der Waals surface area contributed by atoms with Gasteiger partial charge in [-0.1, -0.05) is 23.9 Å². The van der Waals surface area contributed by atoms with Crippen molar-refractivity contribution in [3.8, 4) is 5.75 Å². The van der Waals surface area contributed by atoms with Gasteiger partial charge in [0.2, 0.25) is 4.38 Å². The van der Waals surface area contributed by atoms with Crippen LogP contribution >= 0.6 is 24.0 Å². The van der Waals surface area contributed by atoms with E-state index >= 15 is 0 Å². The molecule has 1 aliphatic heterocycles. The molecule has 1 atom stereocenters. The van der Waals surface area contributed by atoms with E-state index in [1.54, 1.807) is 55.6 Å². The molecule has 1 aliphatic rings. The summed E-state index contributed by atoms with van der Waals surface area (Å²) in [6.45, 7) is 2.41. The first-order valence-electron chi connectivity index (χ1n) is 9.90. The first-order chi connectivity index (χ1) is 14.9. The van der Waals surface area contributed by atoms with Crippen LogP contribution in [0.15, 0.2) is 48.5 Å². The van der Waals surface area contributed by atoms with E-state index in [1.807, 2.05) is 6.92 Å². The quantitative estimate of drug-likeness (QED) is 0.314. The number of thioether (sulfide) groups is 1. The minimum absolute atomic E-state index is 0.0297. The van der Waals surface area contributed by atoms with E-state index in [1.165, 1.54) is 16.7 Å². The van der Waals surface area contributed by atoms with Crippen molar-refractivity contribution in [3.63, 3.8) is 0 Å². The molecule has 31 heavy (non-hydrogen) atoms. The van der Waals surface area contributed by atoms with Crippen LogP contribution in [-0.2, 0) is 4.74 Å². The predicted octanol–water partition coefficient (Wildman–Crippen LogP) is 4.38. The van der Waals surface area contributed by atoms with Crippen LogP contribution in [0.5, 0.6) is 5.75 Å². The number of ether oxygens (including phenoxy) is 2. The topological polar surface area (TPSA) is 72.9 Å². The van der Waals surface area contributed by atoms with Crippen molar-refractivity contribution in [2.75, 3.05) is 20.3 Å². The SMILES string of the molecule is CCOC(=S)SC(CCC(=O)c1ccc(OC)cc1)CN1C(=O)c2ccccc2C1=O. The molecule has 0 fully saturated rings. The zero-order chi connectivity index (χ0) is 22.4. The number of hydrogen-bond acceptors (Lipinski definition) is 7. The van der Waals surface area contributed by atoms with Gasteiger partial charge in [-0.2, -0.15) is 0 Å². The second kappa shape index (κ2) is 10.5. The summed E-state index contributed by atoms with van der Waals surface area (Å²) in [6.07, 6.45) is 0.693. The molecule has 2 aromatic carbocycles. The highest BCUT2D eigenvalue weighted by Gasteiger charge is 2.36. The summed E-state index contributed by atoms with van der Waals surface area (Å²) in [6, 6.07) is 13.7. The van der Waals surface area contributed by atoms with Gasteiger partial charge >= 0.3 is 0 Å². The Morgan fingerprint density at radius 2 is 1.68 bits per heavy atom. The van der Waals surface area contributed by atoms with E-state index in [0.717, 1.165) is 0 Å². The monoisotopic (exact) mass is 457 g/mol. The van der Waals surface area contributed by atoms with Crippen LogP contribution in [0.3, 0.4) is 0 Å². The molecule has 0 spiro atoms. The third kappa shape index (κ3) is 5.51. The standard InChI is InChI=1S/C23H23NO5S2/c1-3-29-23(30)31-17(12-13-20(25)15-8-10-16(28-2)11-9-15)14-24-21(26)18-6-4-5-7-19(18)22(24)27/h4-11,17H,3,12-14H2,1-2H3. The Labute approximate surface area is 190 Å². The summed E-state index contributed by atoms with van der Waals surface area (Å²) >= 11 is 6.53. The number of nitrogens with zero attached hydrogens (tertiary/aromatic N) is 1. The van der Waals surface area contributed by atoms with Crippen molar-refractivity contribution in [1.29, 1.82) is 0 Å². The first-order valence-corrected chi connectivity index (χ1v) is 11.2. The molecular weight excluding hydrogens is 434 g/mol. The van der Waals surface area contributed by atoms with Crippen molar-refractivity contribution in [2.45, 2.75) is 25.0 Å². The molecule has 0 aromatic heterocycles. The number of thiocarbonyl (C=S) groups is 1. The Balaban J connectivity index is 1.69. The lowest BCUT2D eigenvalue weighted by Gasteiger charge is -2.22. The fourth-order valence-corrected chi connectivity index (χ4v) is 4.74. The van der Waals surface area contributed by atoms with Gasteiger partial charge < -0.3 is 9.47 Å². The van der Waals surface area contributed by atoms with Crippen LogP contribution in [0.1, 0.15) is 50.8 Å². The van der Waals surface area contributed by atoms with Crippen LogP contribution in [-0.4, -0.2) is 52.4 Å². The van der Waals surface area contributed by atoms with Crippen LogP contribution < -0.4 is 4.74 Å². The van der Waals surface area contributed by atoms with E-state index < -0.39 is 0 Å². The van der Waals surface area contributed by atoms with Crippen molar-refractivity contribution in [1.82, 2.24) is 4.90 Å². The molecular formula is C23H23NO5S2. The molecule has 2 aromatic rings. The lowest BCUT2D eigenvalue weighted by atomic mass is 10.0. The fourth-order valence-electron chi connectivity index (χ4n) is 3.30. The molecule has 2 amide bonds. The van der Waals surface area contributed by atoms with E-state index in [2.05, 4.69) is 0 Å². The Morgan fingerprint density at radius 3 is 2.23 bits per heavy atom. The largest absolute Gasteiger partial charge is 0.497 e. The van der Waals surface area contributed by atoms with Crippen LogP contribution in [0.2, 0.25) is 0 Å². The maximum atomic E-state index is 12.7. The van der Waals surface area contributed by atoms with Crippen LogP contribution in [0.4, 0.5) is 0 Å². The Bertz CT molecular complexity index is 955. The van der Waals surface area contributed by atoms with Crippen molar-refractivity contribution in [3.05, 3.63) is 65.2 Å². The average Bonchev–Trinajstić information content (AvgIpc) is 3.02. The molecule has 0 aliphatic carbocycles. The zero-order valence-corrected chi connectivity index (χ0v) is 19.0. The molecule has 162 valence electrons. The Kier molecular flexibility index (Phi) is 7.81. The highest BCUT2D eigenvalue weighted by Crippen LogP contribution is 2.27. The highest BCUT2D eigenvalue weighted by molar-refractivity contribution is 8.23. The predicted molar refractivity (Wildman–Crippen MR) is 124 cm³/mol. The molecule has 0 radical (unpaired) electrons. The van der Waals surface area contributed by atoms with Gasteiger partial charge in [0, 0.05) is 23.8 Å². The number of Topliss-reactive ketones (excluding diaryl/α,β-unsaturated/α-hetero) is 1. The second-order valence-corrected chi connectivity index (χ2v) is 8.78. The van der Waals surface area contributed by atoms with E-state index in [4.69, 9.17) is 21.7 Å². The summed E-state index contributed by atoms with van der Waals surface area (Å²) in [4.78, 5) is 39.3. The van der Waals surface area contributed by atoms with Gasteiger partial charge in [-0.05, 0) is 62.0 Å². The number of benzene rings is 2. The number of methoxy groups -OCH3 is 1. The minimum atomic E-state index is -0.324. The number of fused-ring (bicyclic) bond motifs is 1. The van der Waals surface area contributed by atoms with Gasteiger partial charge in [0.1, 0.15) is 5.75 Å². The number of hydrogen-bond donors (Lipinski definition) is 0. The van der Waals surface area contributed by atoms with E-state index in [0.29, 0.717) is 39.9 Å². The van der Waals surface area contributed by atoms with Crippen LogP contribution in [0.25, 0.3) is 0 Å². The van der Waals surface area contributed by atoms with Gasteiger partial charge in [0.15, 0.2) is 5.78 Å². The molecule has 0 bridgehead atoms. The molecule has 1 unspecified atom stereocenters. The van der Waals surface area contributed by atoms with Crippen LogP contribution in [0, 0.1) is 0 Å². The molecule has 0 saturated carbocycles. The molecule has 0 N–H and O–H groups in total. The lowest BCUT2D eigenvalue weighted by molar-refractivity contribution is 0.0654. The van der Waals surface area contributed by atoms with Gasteiger partial charge in [0.05, 0.1) is 24.8 Å². The summed E-state index contributed by atoms with van der Waals surface area (Å²) in [5.41, 5.74) is 1.38. The number of ketones is 1. The minimum Gasteiger partial charge on any atom is -0.497 e. The maximum absolute atomic E-state index is 12.7. The molecule has 8 heteroatoms. The summed E-state index contributed by atoms with van der Waals surface area (Å²) in [7, 11) is 1.57. The third-order valence-corrected chi connectivity index (χ3v) is 6.33. The van der Waals surface area contributed by atoms with Gasteiger partial charge in [-0.25, -0.2) is 0 Å². The van der Waals surface area contributed by atoms with E-state index in [-0.39, 0.29) is 35.8 Å². The zero-order valence-electron chi connectivity index (χ0n) is 17.3. The van der Waals surface area contributed by atoms with Gasteiger partial charge in [0.25, 0.3) is 11.8 Å². The van der Waals surface area contributed by atoms with E-state index in [9.17, 15) is 14.4 Å². The van der Waals surface area contributed by atoms with Crippen molar-refractivity contribution in [2.24, 2.45) is 0 Å². The number of amides is 2. The smallest absolute Gasteiger partial charge is 0.261 e.